The molecule has 0 bridgehead atoms. The number of fused-ring (bicyclic) bond motifs is 1. The van der Waals surface area contributed by atoms with Gasteiger partial charge in [0.25, 0.3) is 5.56 Å². The van der Waals surface area contributed by atoms with Crippen molar-refractivity contribution in [3.63, 3.8) is 0 Å². The van der Waals surface area contributed by atoms with Crippen molar-refractivity contribution in [2.75, 3.05) is 0 Å². The van der Waals surface area contributed by atoms with Gasteiger partial charge in [-0.2, -0.15) is 4.68 Å². The topological polar surface area (TPSA) is 47.8 Å². The van der Waals surface area contributed by atoms with Gasteiger partial charge in [0.15, 0.2) is 0 Å². The highest BCUT2D eigenvalue weighted by Gasteiger charge is 2.01. The summed E-state index contributed by atoms with van der Waals surface area (Å²) in [5.41, 5.74) is 1.44. The van der Waals surface area contributed by atoms with Crippen LogP contribution in [-0.4, -0.2) is 15.0 Å². The maximum absolute atomic E-state index is 12.2. The van der Waals surface area contributed by atoms with E-state index in [-0.39, 0.29) is 5.56 Å². The van der Waals surface area contributed by atoms with Crippen LogP contribution in [0.15, 0.2) is 59.4 Å². The predicted octanol–water partition coefficient (Wildman–Crippen LogP) is 2.42. The van der Waals surface area contributed by atoms with Crippen molar-refractivity contribution in [3.8, 4) is 0 Å². The first-order valence-corrected chi connectivity index (χ1v) is 5.92. The number of aromatic nitrogens is 3. The van der Waals surface area contributed by atoms with E-state index >= 15 is 0 Å². The molecule has 3 rings (SSSR count). The number of hydrogen-bond donors (Lipinski definition) is 0. The van der Waals surface area contributed by atoms with E-state index in [2.05, 4.69) is 10.3 Å². The molecule has 0 aliphatic carbocycles. The lowest BCUT2D eigenvalue weighted by Gasteiger charge is -1.99. The maximum atomic E-state index is 12.2. The van der Waals surface area contributed by atoms with Gasteiger partial charge in [0.05, 0.1) is 5.39 Å². The zero-order valence-corrected chi connectivity index (χ0v) is 10.1. The fourth-order valence-corrected chi connectivity index (χ4v) is 1.82. The molecular formula is C15H11N3O. The van der Waals surface area contributed by atoms with Crippen molar-refractivity contribution in [2.45, 2.75) is 0 Å². The van der Waals surface area contributed by atoms with E-state index < -0.39 is 0 Å². The third kappa shape index (κ3) is 2.28. The Balaban J connectivity index is 2.05. The quantitative estimate of drug-likeness (QED) is 0.700. The first kappa shape index (κ1) is 11.3. The Labute approximate surface area is 109 Å². The van der Waals surface area contributed by atoms with E-state index in [0.717, 1.165) is 5.56 Å². The number of rotatable bonds is 2. The molecule has 0 N–H and O–H groups in total. The van der Waals surface area contributed by atoms with Gasteiger partial charge in [-0.1, -0.05) is 47.7 Å². The molecule has 0 saturated carbocycles. The summed E-state index contributed by atoms with van der Waals surface area (Å²) >= 11 is 0. The Kier molecular flexibility index (Phi) is 2.90. The molecule has 0 spiro atoms. The summed E-state index contributed by atoms with van der Waals surface area (Å²) in [7, 11) is 0. The molecule has 0 amide bonds. The van der Waals surface area contributed by atoms with Gasteiger partial charge in [-0.3, -0.25) is 4.79 Å². The van der Waals surface area contributed by atoms with Crippen LogP contribution in [0.5, 0.6) is 0 Å². The van der Waals surface area contributed by atoms with E-state index in [1.165, 1.54) is 4.68 Å². The molecule has 0 fully saturated rings. The normalized spacial score (nSPS) is 11.2. The summed E-state index contributed by atoms with van der Waals surface area (Å²) in [4.78, 5) is 12.2. The lowest BCUT2D eigenvalue weighted by Crippen LogP contribution is -2.19. The first-order chi connectivity index (χ1) is 9.34. The molecule has 0 radical (unpaired) electrons. The van der Waals surface area contributed by atoms with E-state index in [0.29, 0.717) is 10.9 Å². The van der Waals surface area contributed by atoms with Gasteiger partial charge < -0.3 is 0 Å². The second-order valence-corrected chi connectivity index (χ2v) is 4.08. The minimum Gasteiger partial charge on any atom is -0.267 e. The van der Waals surface area contributed by atoms with Crippen LogP contribution in [0.25, 0.3) is 23.2 Å². The van der Waals surface area contributed by atoms with Crippen LogP contribution >= 0.6 is 0 Å². The van der Waals surface area contributed by atoms with Gasteiger partial charge in [-0.15, -0.1) is 5.10 Å². The highest BCUT2D eigenvalue weighted by Crippen LogP contribution is 2.04. The number of nitrogens with zero attached hydrogens (tertiary/aromatic N) is 3. The summed E-state index contributed by atoms with van der Waals surface area (Å²) in [5, 5.41) is 8.47. The van der Waals surface area contributed by atoms with Crippen LogP contribution in [-0.2, 0) is 0 Å². The Hall–Kier alpha value is -2.75. The van der Waals surface area contributed by atoms with Crippen LogP contribution in [0.4, 0.5) is 0 Å². The minimum atomic E-state index is -0.169. The Bertz CT molecular complexity index is 791. The molecule has 0 atom stereocenters. The summed E-state index contributed by atoms with van der Waals surface area (Å²) in [6.45, 7) is 0. The number of benzene rings is 2. The second-order valence-electron chi connectivity index (χ2n) is 4.08. The summed E-state index contributed by atoms with van der Waals surface area (Å²) in [6, 6.07) is 16.9. The van der Waals surface area contributed by atoms with Crippen molar-refractivity contribution in [2.24, 2.45) is 0 Å². The molecule has 1 heterocycles. The fourth-order valence-electron chi connectivity index (χ4n) is 1.82. The molecule has 19 heavy (non-hydrogen) atoms. The Morgan fingerprint density at radius 3 is 2.53 bits per heavy atom. The highest BCUT2D eigenvalue weighted by molar-refractivity contribution is 5.77. The van der Waals surface area contributed by atoms with E-state index in [1.807, 2.05) is 48.5 Å². The standard InChI is InChI=1S/C15H11N3O/c19-15-13-8-4-5-9-14(13)16-17-18(15)11-10-12-6-2-1-3-7-12/h1-11H. The molecule has 0 aliphatic rings. The molecule has 4 nitrogen and oxygen atoms in total. The molecule has 1 aromatic heterocycles. The largest absolute Gasteiger partial charge is 0.281 e. The zero-order chi connectivity index (χ0) is 13.1. The van der Waals surface area contributed by atoms with E-state index in [9.17, 15) is 4.79 Å². The third-order valence-corrected chi connectivity index (χ3v) is 2.80. The lowest BCUT2D eigenvalue weighted by atomic mass is 10.2. The molecule has 4 heteroatoms. The molecule has 0 unspecified atom stereocenters. The van der Waals surface area contributed by atoms with Gasteiger partial charge >= 0.3 is 0 Å². The fraction of sp³-hybridized carbons (Fsp3) is 0. The van der Waals surface area contributed by atoms with Crippen LogP contribution < -0.4 is 5.56 Å². The zero-order valence-electron chi connectivity index (χ0n) is 10.1. The van der Waals surface area contributed by atoms with Crippen molar-refractivity contribution in [3.05, 3.63) is 70.5 Å². The van der Waals surface area contributed by atoms with Crippen LogP contribution in [0.3, 0.4) is 0 Å². The first-order valence-electron chi connectivity index (χ1n) is 5.92. The average Bonchev–Trinajstić information content (AvgIpc) is 2.48. The van der Waals surface area contributed by atoms with Crippen molar-refractivity contribution in [1.29, 1.82) is 0 Å². The Morgan fingerprint density at radius 2 is 1.68 bits per heavy atom. The van der Waals surface area contributed by atoms with Crippen LogP contribution in [0.2, 0.25) is 0 Å². The maximum Gasteiger partial charge on any atom is 0.281 e. The van der Waals surface area contributed by atoms with Gasteiger partial charge in [-0.25, -0.2) is 0 Å². The lowest BCUT2D eigenvalue weighted by molar-refractivity contribution is 0.773. The molecular weight excluding hydrogens is 238 g/mol. The smallest absolute Gasteiger partial charge is 0.267 e. The van der Waals surface area contributed by atoms with E-state index in [1.54, 1.807) is 18.3 Å². The molecule has 92 valence electrons. The van der Waals surface area contributed by atoms with Crippen molar-refractivity contribution in [1.82, 2.24) is 15.0 Å². The average molecular weight is 249 g/mol. The monoisotopic (exact) mass is 249 g/mol. The summed E-state index contributed by atoms with van der Waals surface area (Å²) in [6.07, 6.45) is 3.45. The predicted molar refractivity (Wildman–Crippen MR) is 75.5 cm³/mol. The van der Waals surface area contributed by atoms with Gasteiger partial charge in [0.1, 0.15) is 5.52 Å². The van der Waals surface area contributed by atoms with Crippen LogP contribution in [0.1, 0.15) is 5.56 Å². The Morgan fingerprint density at radius 1 is 0.947 bits per heavy atom. The summed E-state index contributed by atoms with van der Waals surface area (Å²) < 4.78 is 1.25. The molecule has 0 saturated heterocycles. The highest BCUT2D eigenvalue weighted by atomic mass is 16.1. The molecule has 3 aromatic rings. The van der Waals surface area contributed by atoms with Crippen LogP contribution in [0, 0.1) is 0 Å². The third-order valence-electron chi connectivity index (χ3n) is 2.80. The second kappa shape index (κ2) is 4.86. The van der Waals surface area contributed by atoms with Crippen molar-refractivity contribution >= 4 is 23.2 Å². The minimum absolute atomic E-state index is 0.169. The molecule has 2 aromatic carbocycles. The van der Waals surface area contributed by atoms with Gasteiger partial charge in [0.2, 0.25) is 0 Å². The van der Waals surface area contributed by atoms with Gasteiger partial charge in [0, 0.05) is 6.20 Å². The van der Waals surface area contributed by atoms with Gasteiger partial charge in [-0.05, 0) is 23.8 Å². The molecule has 0 aliphatic heterocycles. The van der Waals surface area contributed by atoms with E-state index in [4.69, 9.17) is 0 Å². The number of hydrogen-bond acceptors (Lipinski definition) is 3. The summed E-state index contributed by atoms with van der Waals surface area (Å²) in [5.74, 6) is 0. The van der Waals surface area contributed by atoms with Crippen molar-refractivity contribution < 1.29 is 0 Å². The SMILES string of the molecule is O=c1c2ccccc2nnn1C=Cc1ccccc1.